The van der Waals surface area contributed by atoms with Gasteiger partial charge in [-0.2, -0.15) is 0 Å². The first-order chi connectivity index (χ1) is 15.3. The van der Waals surface area contributed by atoms with E-state index in [4.69, 9.17) is 14.9 Å². The summed E-state index contributed by atoms with van der Waals surface area (Å²) >= 11 is 0. The summed E-state index contributed by atoms with van der Waals surface area (Å²) in [5.41, 5.74) is 2.27. The van der Waals surface area contributed by atoms with Gasteiger partial charge in [0.1, 0.15) is 6.61 Å². The van der Waals surface area contributed by atoms with Crippen LogP contribution in [0.1, 0.15) is 66.7 Å². The van der Waals surface area contributed by atoms with E-state index in [-0.39, 0.29) is 12.0 Å². The summed E-state index contributed by atoms with van der Waals surface area (Å²) < 4.78 is 4.91. The molecular formula is C26H36O7. The van der Waals surface area contributed by atoms with E-state index in [0.29, 0.717) is 0 Å². The zero-order valence-corrected chi connectivity index (χ0v) is 20.2. The molecule has 0 saturated heterocycles. The number of esters is 1. The average Bonchev–Trinajstić information content (AvgIpc) is 2.66. The largest absolute Gasteiger partial charge is 0.481 e. The third kappa shape index (κ3) is 9.61. The molecule has 1 atom stereocenters. The molecule has 0 aromatic rings. The highest BCUT2D eigenvalue weighted by molar-refractivity contribution is 5.88. The second-order valence-electron chi connectivity index (χ2n) is 9.25. The molecule has 1 unspecified atom stereocenters. The molecule has 33 heavy (non-hydrogen) atoms. The highest BCUT2D eigenvalue weighted by Crippen LogP contribution is 2.40. The van der Waals surface area contributed by atoms with Crippen molar-refractivity contribution in [3.05, 3.63) is 58.7 Å². The molecule has 0 aromatic carbocycles. The summed E-state index contributed by atoms with van der Waals surface area (Å²) in [4.78, 5) is 33.6. The predicted molar refractivity (Wildman–Crippen MR) is 127 cm³/mol. The lowest BCUT2D eigenvalue weighted by Gasteiger charge is -2.32. The van der Waals surface area contributed by atoms with E-state index in [2.05, 4.69) is 32.9 Å². The molecule has 0 radical (unpaired) electrons. The lowest BCUT2D eigenvalue weighted by molar-refractivity contribution is -0.171. The van der Waals surface area contributed by atoms with Gasteiger partial charge in [0.25, 0.3) is 0 Å². The quantitative estimate of drug-likeness (QED) is 0.301. The van der Waals surface area contributed by atoms with Crippen molar-refractivity contribution in [1.82, 2.24) is 0 Å². The average molecular weight is 461 g/mol. The standard InChI is InChI=1S/C26H36O7/c1-18(11-12-21-20(3)10-7-14-25(21,4)5)8-6-9-19(2)13-15-33-23(29)17-26(32,24(30)31)16-22(27)28/h6,8-9,11-13,32H,7,10,14-17H2,1-5H3,(H,27,28)(H,30,31). The van der Waals surface area contributed by atoms with Crippen molar-refractivity contribution in [2.75, 3.05) is 6.61 Å². The molecule has 1 rings (SSSR count). The van der Waals surface area contributed by atoms with E-state index >= 15 is 0 Å². The van der Waals surface area contributed by atoms with E-state index in [1.54, 1.807) is 6.08 Å². The number of carboxylic acids is 2. The number of hydrogen-bond donors (Lipinski definition) is 3. The molecule has 3 N–H and O–H groups in total. The van der Waals surface area contributed by atoms with Gasteiger partial charge in [0, 0.05) is 0 Å². The molecular weight excluding hydrogens is 424 g/mol. The van der Waals surface area contributed by atoms with E-state index in [0.717, 1.165) is 17.6 Å². The molecule has 7 nitrogen and oxygen atoms in total. The molecule has 0 aliphatic heterocycles. The number of aliphatic carboxylic acids is 2. The molecule has 0 fully saturated rings. The fourth-order valence-electron chi connectivity index (χ4n) is 3.72. The van der Waals surface area contributed by atoms with Crippen LogP contribution in [0, 0.1) is 5.41 Å². The van der Waals surface area contributed by atoms with Gasteiger partial charge in [0.15, 0.2) is 5.60 Å². The number of carbonyl (C=O) groups excluding carboxylic acids is 1. The van der Waals surface area contributed by atoms with Crippen LogP contribution in [0.5, 0.6) is 0 Å². The highest BCUT2D eigenvalue weighted by Gasteiger charge is 2.41. The Hall–Kier alpha value is -2.93. The number of allylic oxidation sites excluding steroid dienone is 9. The second-order valence-corrected chi connectivity index (χ2v) is 9.25. The Morgan fingerprint density at radius 2 is 1.76 bits per heavy atom. The first-order valence-electron chi connectivity index (χ1n) is 11.0. The van der Waals surface area contributed by atoms with E-state index in [1.165, 1.54) is 24.0 Å². The van der Waals surface area contributed by atoms with E-state index in [9.17, 15) is 19.5 Å². The van der Waals surface area contributed by atoms with Crippen LogP contribution in [0.15, 0.2) is 58.7 Å². The van der Waals surface area contributed by atoms with Gasteiger partial charge in [-0.15, -0.1) is 0 Å². The van der Waals surface area contributed by atoms with Gasteiger partial charge in [-0.05, 0) is 57.1 Å². The highest BCUT2D eigenvalue weighted by atomic mass is 16.5. The maximum Gasteiger partial charge on any atom is 0.336 e. The van der Waals surface area contributed by atoms with Crippen molar-refractivity contribution >= 4 is 17.9 Å². The summed E-state index contributed by atoms with van der Waals surface area (Å²) in [6.45, 7) is 10.5. The number of ether oxygens (including phenoxy) is 1. The third-order valence-corrected chi connectivity index (χ3v) is 5.70. The number of aliphatic hydroxyl groups is 1. The molecule has 1 aliphatic rings. The van der Waals surface area contributed by atoms with Crippen molar-refractivity contribution in [3.63, 3.8) is 0 Å². The minimum Gasteiger partial charge on any atom is -0.481 e. The van der Waals surface area contributed by atoms with Gasteiger partial charge in [0.05, 0.1) is 12.8 Å². The zero-order chi connectivity index (χ0) is 25.2. The first kappa shape index (κ1) is 28.1. The second kappa shape index (κ2) is 12.3. The Morgan fingerprint density at radius 1 is 1.09 bits per heavy atom. The molecule has 0 heterocycles. The van der Waals surface area contributed by atoms with Crippen LogP contribution < -0.4 is 0 Å². The van der Waals surface area contributed by atoms with Crippen molar-refractivity contribution < 1.29 is 34.4 Å². The molecule has 7 heteroatoms. The molecule has 1 aliphatic carbocycles. The van der Waals surface area contributed by atoms with E-state index < -0.39 is 36.4 Å². The fraction of sp³-hybridized carbons (Fsp3) is 0.500. The van der Waals surface area contributed by atoms with Crippen LogP contribution in [-0.4, -0.2) is 45.4 Å². The number of carboxylic acid groups (broad SMARTS) is 2. The SMILES string of the molecule is CC(C=CC1=C(C)CCCC1(C)C)=CC=CC(C)=CCOC(=O)CC(O)(CC(=O)O)C(=O)O. The summed E-state index contributed by atoms with van der Waals surface area (Å²) in [6.07, 6.45) is 13.2. The van der Waals surface area contributed by atoms with Gasteiger partial charge in [-0.3, -0.25) is 9.59 Å². The topological polar surface area (TPSA) is 121 Å². The van der Waals surface area contributed by atoms with Crippen molar-refractivity contribution in [2.45, 2.75) is 72.3 Å². The fourth-order valence-corrected chi connectivity index (χ4v) is 3.72. The Bertz CT molecular complexity index is 900. The molecule has 0 saturated carbocycles. The normalized spacial score (nSPS) is 19.1. The summed E-state index contributed by atoms with van der Waals surface area (Å²) in [5.74, 6) is -4.31. The van der Waals surface area contributed by atoms with Gasteiger partial charge in [-0.1, -0.05) is 60.9 Å². The van der Waals surface area contributed by atoms with Crippen LogP contribution >= 0.6 is 0 Å². The lowest BCUT2D eigenvalue weighted by atomic mass is 9.72. The smallest absolute Gasteiger partial charge is 0.336 e. The number of rotatable bonds is 11. The van der Waals surface area contributed by atoms with Crippen LogP contribution in [0.25, 0.3) is 0 Å². The number of carbonyl (C=O) groups is 3. The monoisotopic (exact) mass is 460 g/mol. The maximum absolute atomic E-state index is 11.8. The molecule has 0 spiro atoms. The Balaban J connectivity index is 2.62. The van der Waals surface area contributed by atoms with E-state index in [1.807, 2.05) is 32.1 Å². The molecule has 0 amide bonds. The van der Waals surface area contributed by atoms with Crippen molar-refractivity contribution in [2.24, 2.45) is 5.41 Å². The summed E-state index contributed by atoms with van der Waals surface area (Å²) in [5, 5.41) is 27.5. The number of hydrogen-bond acceptors (Lipinski definition) is 5. The molecule has 0 bridgehead atoms. The van der Waals surface area contributed by atoms with Crippen molar-refractivity contribution in [1.29, 1.82) is 0 Å². The first-order valence-corrected chi connectivity index (χ1v) is 11.0. The zero-order valence-electron chi connectivity index (χ0n) is 20.2. The van der Waals surface area contributed by atoms with Crippen LogP contribution in [-0.2, 0) is 19.1 Å². The Labute approximate surface area is 195 Å². The molecule has 182 valence electrons. The van der Waals surface area contributed by atoms with Gasteiger partial charge in [-0.25, -0.2) is 4.79 Å². The lowest BCUT2D eigenvalue weighted by Crippen LogP contribution is -2.43. The maximum atomic E-state index is 11.8. The Morgan fingerprint density at radius 3 is 2.33 bits per heavy atom. The van der Waals surface area contributed by atoms with Crippen LogP contribution in [0.4, 0.5) is 0 Å². The third-order valence-electron chi connectivity index (χ3n) is 5.70. The minimum absolute atomic E-state index is 0.122. The Kier molecular flexibility index (Phi) is 10.5. The summed E-state index contributed by atoms with van der Waals surface area (Å²) in [6, 6.07) is 0. The molecule has 0 aromatic heterocycles. The minimum atomic E-state index is -2.70. The van der Waals surface area contributed by atoms with Crippen LogP contribution in [0.3, 0.4) is 0 Å². The summed E-state index contributed by atoms with van der Waals surface area (Å²) in [7, 11) is 0. The van der Waals surface area contributed by atoms with Crippen molar-refractivity contribution in [3.8, 4) is 0 Å². The van der Waals surface area contributed by atoms with Gasteiger partial charge >= 0.3 is 17.9 Å². The van der Waals surface area contributed by atoms with Crippen LogP contribution in [0.2, 0.25) is 0 Å². The van der Waals surface area contributed by atoms with Gasteiger partial charge < -0.3 is 20.1 Å². The van der Waals surface area contributed by atoms with Gasteiger partial charge in [0.2, 0.25) is 0 Å². The predicted octanol–water partition coefficient (Wildman–Crippen LogP) is 4.74.